The van der Waals surface area contributed by atoms with Gasteiger partial charge in [-0.3, -0.25) is 4.79 Å². The lowest BCUT2D eigenvalue weighted by Crippen LogP contribution is -2.28. The SMILES string of the molecule is CC(NC(=O)Cc1c(F)cccc1Cl)c1cccs1. The van der Waals surface area contributed by atoms with Gasteiger partial charge in [0.2, 0.25) is 5.91 Å². The van der Waals surface area contributed by atoms with Crippen molar-refractivity contribution in [3.8, 4) is 0 Å². The number of hydrogen-bond donors (Lipinski definition) is 1. The number of carbonyl (C=O) groups is 1. The van der Waals surface area contributed by atoms with Crippen LogP contribution >= 0.6 is 22.9 Å². The van der Waals surface area contributed by atoms with Crippen LogP contribution in [0.4, 0.5) is 4.39 Å². The summed E-state index contributed by atoms with van der Waals surface area (Å²) >= 11 is 7.46. The lowest BCUT2D eigenvalue weighted by atomic mass is 10.1. The molecule has 2 nitrogen and oxygen atoms in total. The summed E-state index contributed by atoms with van der Waals surface area (Å²) in [7, 11) is 0. The Bertz CT molecular complexity index is 551. The van der Waals surface area contributed by atoms with Gasteiger partial charge in [0.1, 0.15) is 5.82 Å². The number of hydrogen-bond acceptors (Lipinski definition) is 2. The van der Waals surface area contributed by atoms with Crippen LogP contribution in [0.1, 0.15) is 23.4 Å². The minimum absolute atomic E-state index is 0.0543. The van der Waals surface area contributed by atoms with Crippen LogP contribution in [0.2, 0.25) is 5.02 Å². The molecule has 0 bridgehead atoms. The molecule has 1 N–H and O–H groups in total. The monoisotopic (exact) mass is 297 g/mol. The molecule has 1 aromatic heterocycles. The maximum Gasteiger partial charge on any atom is 0.225 e. The van der Waals surface area contributed by atoms with Crippen LogP contribution in [0.5, 0.6) is 0 Å². The maximum absolute atomic E-state index is 13.6. The topological polar surface area (TPSA) is 29.1 Å². The van der Waals surface area contributed by atoms with Gasteiger partial charge in [0.05, 0.1) is 12.5 Å². The average Bonchev–Trinajstić information content (AvgIpc) is 2.88. The van der Waals surface area contributed by atoms with Crippen LogP contribution in [0.15, 0.2) is 35.7 Å². The molecule has 0 spiro atoms. The molecule has 100 valence electrons. The zero-order valence-corrected chi connectivity index (χ0v) is 11.9. The second-order valence-electron chi connectivity index (χ2n) is 4.18. The van der Waals surface area contributed by atoms with Crippen molar-refractivity contribution in [3.05, 3.63) is 57.0 Å². The first-order valence-electron chi connectivity index (χ1n) is 5.83. The van der Waals surface area contributed by atoms with Gasteiger partial charge in [-0.1, -0.05) is 23.7 Å². The highest BCUT2D eigenvalue weighted by Gasteiger charge is 2.14. The summed E-state index contributed by atoms with van der Waals surface area (Å²) in [6.07, 6.45) is -0.0543. The van der Waals surface area contributed by atoms with E-state index >= 15 is 0 Å². The van der Waals surface area contributed by atoms with Crippen LogP contribution in [0.3, 0.4) is 0 Å². The van der Waals surface area contributed by atoms with E-state index in [2.05, 4.69) is 5.32 Å². The number of benzene rings is 1. The summed E-state index contributed by atoms with van der Waals surface area (Å²) in [6, 6.07) is 8.20. The molecule has 5 heteroatoms. The van der Waals surface area contributed by atoms with Gasteiger partial charge < -0.3 is 5.32 Å². The van der Waals surface area contributed by atoms with Gasteiger partial charge in [-0.25, -0.2) is 4.39 Å². The summed E-state index contributed by atoms with van der Waals surface area (Å²) in [4.78, 5) is 13.0. The van der Waals surface area contributed by atoms with E-state index in [4.69, 9.17) is 11.6 Å². The molecular weight excluding hydrogens is 285 g/mol. The van der Waals surface area contributed by atoms with Gasteiger partial charge in [-0.2, -0.15) is 0 Å². The van der Waals surface area contributed by atoms with E-state index < -0.39 is 5.82 Å². The molecule has 0 aliphatic carbocycles. The molecule has 1 aromatic carbocycles. The summed E-state index contributed by atoms with van der Waals surface area (Å²) in [5.74, 6) is -0.695. The Morgan fingerprint density at radius 3 is 2.84 bits per heavy atom. The second kappa shape index (κ2) is 6.17. The summed E-state index contributed by atoms with van der Waals surface area (Å²) in [6.45, 7) is 1.90. The molecule has 2 aromatic rings. The van der Waals surface area contributed by atoms with E-state index in [9.17, 15) is 9.18 Å². The van der Waals surface area contributed by atoms with Crippen LogP contribution in [-0.2, 0) is 11.2 Å². The van der Waals surface area contributed by atoms with Crippen LogP contribution in [0.25, 0.3) is 0 Å². The van der Waals surface area contributed by atoms with E-state index in [0.717, 1.165) is 4.88 Å². The first-order chi connectivity index (χ1) is 9.08. The predicted molar refractivity (Wildman–Crippen MR) is 76.0 cm³/mol. The van der Waals surface area contributed by atoms with Crippen molar-refractivity contribution in [1.82, 2.24) is 5.32 Å². The number of carbonyl (C=O) groups excluding carboxylic acids is 1. The molecule has 0 radical (unpaired) electrons. The van der Waals surface area contributed by atoms with Gasteiger partial charge in [0.25, 0.3) is 0 Å². The first-order valence-corrected chi connectivity index (χ1v) is 7.09. The summed E-state index contributed by atoms with van der Waals surface area (Å²) in [5, 5.41) is 5.06. The highest BCUT2D eigenvalue weighted by atomic mass is 35.5. The minimum atomic E-state index is -0.452. The number of rotatable bonds is 4. The maximum atomic E-state index is 13.6. The van der Waals surface area contributed by atoms with Gasteiger partial charge in [0.15, 0.2) is 0 Å². The van der Waals surface area contributed by atoms with Gasteiger partial charge in [-0.05, 0) is 30.5 Å². The molecular formula is C14H13ClFNOS. The molecule has 1 unspecified atom stereocenters. The Balaban J connectivity index is 2.02. The molecule has 1 atom stereocenters. The van der Waals surface area contributed by atoms with Crippen molar-refractivity contribution in [2.24, 2.45) is 0 Å². The highest BCUT2D eigenvalue weighted by molar-refractivity contribution is 7.10. The van der Waals surface area contributed by atoms with Crippen LogP contribution in [0, 0.1) is 5.82 Å². The zero-order valence-electron chi connectivity index (χ0n) is 10.3. The van der Waals surface area contributed by atoms with Gasteiger partial charge in [0, 0.05) is 15.5 Å². The Hall–Kier alpha value is -1.39. The van der Waals surface area contributed by atoms with Crippen LogP contribution < -0.4 is 5.32 Å². The van der Waals surface area contributed by atoms with E-state index in [-0.39, 0.29) is 29.0 Å². The molecule has 1 heterocycles. The van der Waals surface area contributed by atoms with Gasteiger partial charge >= 0.3 is 0 Å². The normalized spacial score (nSPS) is 12.2. The molecule has 1 amide bonds. The third-order valence-corrected chi connectivity index (χ3v) is 4.16. The summed E-state index contributed by atoms with van der Waals surface area (Å²) in [5.41, 5.74) is 0.236. The van der Waals surface area contributed by atoms with Gasteiger partial charge in [-0.15, -0.1) is 11.3 Å². The standard InChI is InChI=1S/C14H13ClFNOS/c1-9(13-6-3-7-19-13)17-14(18)8-10-11(15)4-2-5-12(10)16/h2-7,9H,8H2,1H3,(H,17,18). The lowest BCUT2D eigenvalue weighted by molar-refractivity contribution is -0.121. The van der Waals surface area contributed by atoms with Crippen molar-refractivity contribution in [1.29, 1.82) is 0 Å². The smallest absolute Gasteiger partial charge is 0.225 e. The second-order valence-corrected chi connectivity index (χ2v) is 5.57. The zero-order chi connectivity index (χ0) is 13.8. The Morgan fingerprint density at radius 1 is 1.42 bits per heavy atom. The van der Waals surface area contributed by atoms with Crippen molar-refractivity contribution in [2.45, 2.75) is 19.4 Å². The quantitative estimate of drug-likeness (QED) is 0.909. The van der Waals surface area contributed by atoms with E-state index in [1.807, 2.05) is 24.4 Å². The van der Waals surface area contributed by atoms with Crippen molar-refractivity contribution >= 4 is 28.8 Å². The molecule has 0 saturated heterocycles. The Labute approximate surface area is 120 Å². The fraction of sp³-hybridized carbons (Fsp3) is 0.214. The average molecular weight is 298 g/mol. The van der Waals surface area contributed by atoms with E-state index in [1.54, 1.807) is 17.4 Å². The van der Waals surface area contributed by atoms with E-state index in [0.29, 0.717) is 0 Å². The number of thiophene rings is 1. The Kier molecular flexibility index (Phi) is 4.56. The third kappa shape index (κ3) is 3.55. The first kappa shape index (κ1) is 14.0. The highest BCUT2D eigenvalue weighted by Crippen LogP contribution is 2.21. The third-order valence-electron chi connectivity index (χ3n) is 2.75. The fourth-order valence-electron chi connectivity index (χ4n) is 1.76. The van der Waals surface area contributed by atoms with Crippen molar-refractivity contribution in [2.75, 3.05) is 0 Å². The molecule has 0 aliphatic heterocycles. The van der Waals surface area contributed by atoms with Crippen molar-refractivity contribution in [3.63, 3.8) is 0 Å². The molecule has 2 rings (SSSR count). The number of amides is 1. The Morgan fingerprint density at radius 2 is 2.21 bits per heavy atom. The predicted octanol–water partition coefficient (Wildman–Crippen LogP) is 3.96. The molecule has 0 aliphatic rings. The van der Waals surface area contributed by atoms with Crippen LogP contribution in [-0.4, -0.2) is 5.91 Å². The van der Waals surface area contributed by atoms with E-state index in [1.165, 1.54) is 12.1 Å². The number of halogens is 2. The number of nitrogens with one attached hydrogen (secondary N) is 1. The molecule has 19 heavy (non-hydrogen) atoms. The molecule has 0 fully saturated rings. The summed E-state index contributed by atoms with van der Waals surface area (Å²) < 4.78 is 13.6. The van der Waals surface area contributed by atoms with Crippen molar-refractivity contribution < 1.29 is 9.18 Å². The largest absolute Gasteiger partial charge is 0.348 e. The fourth-order valence-corrected chi connectivity index (χ4v) is 2.73. The molecule has 0 saturated carbocycles. The minimum Gasteiger partial charge on any atom is -0.348 e. The lowest BCUT2D eigenvalue weighted by Gasteiger charge is -2.13.